The molecule has 0 spiro atoms. The molecule has 0 bridgehead atoms. The Bertz CT molecular complexity index is 2960. The first-order chi connectivity index (χ1) is 28.0. The second kappa shape index (κ2) is 16.5. The number of hydrogen-bond donors (Lipinski definition) is 6. The molecule has 0 atom stereocenters. The Labute approximate surface area is 331 Å². The topological polar surface area (TPSA) is 428 Å². The van der Waals surface area contributed by atoms with Crippen LogP contribution < -0.4 is 5.32 Å². The lowest BCUT2D eigenvalue weighted by atomic mass is 10.2. The fourth-order valence-corrected chi connectivity index (χ4v) is 6.08. The number of anilines is 2. The van der Waals surface area contributed by atoms with Crippen LogP contribution in [0, 0.1) is 40.5 Å². The van der Waals surface area contributed by atoms with Crippen molar-refractivity contribution in [3.05, 3.63) is 119 Å². The number of phenolic OH excluding ortho intramolecular Hbond substituents is 3. The largest absolute Gasteiger partial charge is 0.504 e. The molecule has 6 N–H and O–H groups in total. The summed E-state index contributed by atoms with van der Waals surface area (Å²) < 4.78 is 66.4. The zero-order chi connectivity index (χ0) is 44.3. The number of rotatable bonds is 14. The number of nitro groups is 4. The number of phenols is 3. The molecule has 0 unspecified atom stereocenters. The highest BCUT2D eigenvalue weighted by Gasteiger charge is 2.27. The van der Waals surface area contributed by atoms with Gasteiger partial charge in [-0.25, -0.2) is 0 Å². The van der Waals surface area contributed by atoms with E-state index in [1.807, 2.05) is 0 Å². The van der Waals surface area contributed by atoms with Gasteiger partial charge in [-0.1, -0.05) is 0 Å². The molecule has 60 heavy (non-hydrogen) atoms. The average Bonchev–Trinajstić information content (AvgIpc) is 3.17. The third-order valence-electron chi connectivity index (χ3n) is 7.49. The predicted octanol–water partition coefficient (Wildman–Crippen LogP) is 7.92. The third kappa shape index (κ3) is 9.54. The van der Waals surface area contributed by atoms with Crippen molar-refractivity contribution >= 4 is 88.5 Å². The third-order valence-corrected chi connectivity index (χ3v) is 9.27. The Kier molecular flexibility index (Phi) is 11.8. The van der Waals surface area contributed by atoms with Gasteiger partial charge in [0.05, 0.1) is 42.8 Å². The van der Waals surface area contributed by atoms with Crippen LogP contribution in [0.3, 0.4) is 0 Å². The minimum atomic E-state index is -5.19. The van der Waals surface area contributed by atoms with Crippen molar-refractivity contribution in [2.45, 2.75) is 9.79 Å². The quantitative estimate of drug-likeness (QED) is 0.0267. The SMILES string of the molecule is O=[N+]([O-])c1cc(N=Nc2cc(N=Nc3ccc(Nc4ccc([N+](=O)[O-])cc4S(=O)(=O)O)cc3)c(O)c(N=Nc3ccc([N+](=O)[O-])c(S(=O)(=O)O)c3)c2O)c(O)c([N+](=O)[O-])c1. The maximum Gasteiger partial charge on any atom is 0.319 e. The summed E-state index contributed by atoms with van der Waals surface area (Å²) in [7, 11) is -10.1. The second-order valence-corrected chi connectivity index (χ2v) is 14.2. The number of nitro benzene ring substituents is 4. The first-order valence-corrected chi connectivity index (χ1v) is 18.3. The summed E-state index contributed by atoms with van der Waals surface area (Å²) in [4.78, 5) is 38.9. The lowest BCUT2D eigenvalue weighted by Crippen LogP contribution is -2.04. The molecule has 0 saturated carbocycles. The minimum Gasteiger partial charge on any atom is -0.504 e. The number of azo groups is 3. The molecule has 5 aromatic rings. The van der Waals surface area contributed by atoms with Crippen LogP contribution in [0.4, 0.5) is 68.2 Å². The van der Waals surface area contributed by atoms with Crippen LogP contribution in [0.25, 0.3) is 0 Å². The van der Waals surface area contributed by atoms with E-state index in [0.717, 1.165) is 24.3 Å². The lowest BCUT2D eigenvalue weighted by Gasteiger charge is -2.10. The number of hydrogen-bond acceptors (Lipinski definition) is 22. The average molecular weight is 870 g/mol. The van der Waals surface area contributed by atoms with E-state index in [2.05, 4.69) is 36.0 Å². The van der Waals surface area contributed by atoms with E-state index in [1.165, 1.54) is 24.3 Å². The molecule has 30 heteroatoms. The molecule has 5 aromatic carbocycles. The molecular weight excluding hydrogens is 851 g/mol. The number of benzene rings is 5. The van der Waals surface area contributed by atoms with Gasteiger partial charge in [-0.2, -0.15) is 27.1 Å². The van der Waals surface area contributed by atoms with E-state index >= 15 is 0 Å². The van der Waals surface area contributed by atoms with Crippen molar-refractivity contribution in [1.29, 1.82) is 0 Å². The summed E-state index contributed by atoms with van der Waals surface area (Å²) in [5.74, 6) is -3.29. The van der Waals surface area contributed by atoms with E-state index in [1.54, 1.807) is 0 Å². The van der Waals surface area contributed by atoms with E-state index in [-0.39, 0.29) is 17.1 Å². The summed E-state index contributed by atoms with van der Waals surface area (Å²) in [6.45, 7) is 0. The van der Waals surface area contributed by atoms with Crippen LogP contribution in [0.2, 0.25) is 0 Å². The van der Waals surface area contributed by atoms with Crippen LogP contribution in [0.15, 0.2) is 119 Å². The molecule has 28 nitrogen and oxygen atoms in total. The fraction of sp³-hybridized carbons (Fsp3) is 0. The predicted molar refractivity (Wildman–Crippen MR) is 199 cm³/mol. The van der Waals surface area contributed by atoms with Gasteiger partial charge in [0, 0.05) is 36.0 Å². The zero-order valence-electron chi connectivity index (χ0n) is 28.9. The van der Waals surface area contributed by atoms with Gasteiger partial charge < -0.3 is 20.6 Å². The van der Waals surface area contributed by atoms with Crippen LogP contribution in [-0.2, 0) is 20.2 Å². The summed E-state index contributed by atoms with van der Waals surface area (Å²) in [5, 5.41) is 102. The first kappa shape index (κ1) is 42.7. The molecule has 0 radical (unpaired) electrons. The highest BCUT2D eigenvalue weighted by molar-refractivity contribution is 7.86. The lowest BCUT2D eigenvalue weighted by molar-refractivity contribution is -0.394. The van der Waals surface area contributed by atoms with Gasteiger partial charge in [0.15, 0.2) is 22.1 Å². The normalized spacial score (nSPS) is 12.0. The van der Waals surface area contributed by atoms with Crippen molar-refractivity contribution in [3.8, 4) is 17.2 Å². The van der Waals surface area contributed by atoms with Crippen molar-refractivity contribution in [1.82, 2.24) is 0 Å². The number of aromatic hydroxyl groups is 3. The molecule has 0 saturated heterocycles. The van der Waals surface area contributed by atoms with E-state index in [9.17, 15) is 81.7 Å². The van der Waals surface area contributed by atoms with Gasteiger partial charge >= 0.3 is 15.8 Å². The summed E-state index contributed by atoms with van der Waals surface area (Å²) >= 11 is 0. The molecule has 0 aliphatic carbocycles. The summed E-state index contributed by atoms with van der Waals surface area (Å²) in [6, 6.07) is 11.7. The monoisotopic (exact) mass is 869 g/mol. The molecule has 308 valence electrons. The van der Waals surface area contributed by atoms with E-state index in [4.69, 9.17) is 0 Å². The zero-order valence-corrected chi connectivity index (χ0v) is 30.6. The van der Waals surface area contributed by atoms with Crippen LogP contribution in [0.1, 0.15) is 0 Å². The second-order valence-electron chi connectivity index (χ2n) is 11.4. The van der Waals surface area contributed by atoms with Gasteiger partial charge in [0.2, 0.25) is 5.75 Å². The highest BCUT2D eigenvalue weighted by atomic mass is 32.2. The number of nitrogens with one attached hydrogen (secondary N) is 1. The first-order valence-electron chi connectivity index (χ1n) is 15.4. The molecule has 0 aromatic heterocycles. The highest BCUT2D eigenvalue weighted by Crippen LogP contribution is 2.51. The van der Waals surface area contributed by atoms with Gasteiger partial charge in [-0.05, 0) is 42.5 Å². The molecule has 0 fully saturated rings. The Morgan fingerprint density at radius 2 is 1.00 bits per heavy atom. The number of non-ortho nitro benzene ring substituents is 2. The van der Waals surface area contributed by atoms with Gasteiger partial charge in [0.25, 0.3) is 27.2 Å². The number of nitrogens with zero attached hydrogens (tertiary/aromatic N) is 10. The van der Waals surface area contributed by atoms with E-state index < -0.39 is 118 Å². The molecule has 0 heterocycles. The Balaban J connectivity index is 1.58. The smallest absolute Gasteiger partial charge is 0.319 e. The van der Waals surface area contributed by atoms with Crippen molar-refractivity contribution in [3.63, 3.8) is 0 Å². The van der Waals surface area contributed by atoms with Crippen LogP contribution >= 0.6 is 0 Å². The van der Waals surface area contributed by atoms with Crippen LogP contribution in [0.5, 0.6) is 17.2 Å². The van der Waals surface area contributed by atoms with Gasteiger partial charge in [-0.15, -0.1) is 20.5 Å². The summed E-state index contributed by atoms with van der Waals surface area (Å²) in [5.41, 5.74) is -7.36. The Morgan fingerprint density at radius 3 is 1.53 bits per heavy atom. The maximum atomic E-state index is 11.9. The molecule has 5 rings (SSSR count). The summed E-state index contributed by atoms with van der Waals surface area (Å²) in [6.07, 6.45) is 0. The van der Waals surface area contributed by atoms with Crippen molar-refractivity contribution < 1.29 is 61.0 Å². The molecule has 0 aliphatic rings. The Hall–Kier alpha value is -8.48. The van der Waals surface area contributed by atoms with Gasteiger partial charge in [0.1, 0.15) is 22.0 Å². The maximum absolute atomic E-state index is 11.9. The van der Waals surface area contributed by atoms with Crippen LogP contribution in [-0.4, -0.2) is 61.0 Å². The van der Waals surface area contributed by atoms with Gasteiger partial charge in [-0.3, -0.25) is 49.6 Å². The van der Waals surface area contributed by atoms with Crippen molar-refractivity contribution in [2.24, 2.45) is 30.7 Å². The van der Waals surface area contributed by atoms with E-state index in [0.29, 0.717) is 30.3 Å². The fourth-order valence-electron chi connectivity index (χ4n) is 4.74. The molecule has 0 amide bonds. The Morgan fingerprint density at radius 1 is 0.483 bits per heavy atom. The van der Waals surface area contributed by atoms with Crippen molar-refractivity contribution in [2.75, 3.05) is 5.32 Å². The standard InChI is InChI=1S/C30H19N11O17S2/c42-28-20(10-18(39(47)48)11-24(28)41(51)52)35-36-22-13-21(29(43)27(30(22)44)37-33-16-5-8-23(40(49)50)26(9-16)60(56,57)58)34-32-15-3-1-14(2-4-15)31-19-7-6-17(38(45)46)12-25(19)59(53,54)55/h1-13,31,42-44H,(H,53,54,55)(H,56,57,58). The minimum absolute atomic E-state index is 0.00975. The molecule has 0 aliphatic heterocycles. The molecular formula is C30H19N11O17S2.